The molecule has 1 aromatic carbocycles. The minimum absolute atomic E-state index is 0.0169. The quantitative estimate of drug-likeness (QED) is 0.937. The van der Waals surface area contributed by atoms with E-state index >= 15 is 0 Å². The first-order valence-corrected chi connectivity index (χ1v) is 6.91. The highest BCUT2D eigenvalue weighted by molar-refractivity contribution is 6.30. The molecule has 0 saturated heterocycles. The van der Waals surface area contributed by atoms with Gasteiger partial charge in [0, 0.05) is 16.8 Å². The molecule has 1 aromatic heterocycles. The Morgan fingerprint density at radius 3 is 2.75 bits per heavy atom. The number of carbonyl (C=O) groups excluding carboxylic acids is 1. The Morgan fingerprint density at radius 1 is 1.30 bits per heavy atom. The lowest BCUT2D eigenvalue weighted by molar-refractivity contribution is 0.0935. The van der Waals surface area contributed by atoms with Crippen molar-refractivity contribution in [1.82, 2.24) is 10.3 Å². The topological polar surface area (TPSA) is 42.0 Å². The third kappa shape index (κ3) is 4.07. The maximum atomic E-state index is 12.1. The molecule has 0 aliphatic rings. The summed E-state index contributed by atoms with van der Waals surface area (Å²) in [5.74, 6) is -0.150. The third-order valence-electron chi connectivity index (χ3n) is 2.93. The number of hydrogen-bond donors (Lipinski definition) is 1. The minimum atomic E-state index is -0.150. The number of carbonyl (C=O) groups is 1. The fourth-order valence-corrected chi connectivity index (χ4v) is 2.25. The summed E-state index contributed by atoms with van der Waals surface area (Å²) in [6.07, 6.45) is 0.734. The first kappa shape index (κ1) is 14.5. The number of nitrogens with one attached hydrogen (secondary N) is 1. The molecule has 1 heterocycles. The number of aromatic nitrogens is 1. The van der Waals surface area contributed by atoms with Gasteiger partial charge in [0.25, 0.3) is 5.91 Å². The zero-order valence-electron chi connectivity index (χ0n) is 11.6. The largest absolute Gasteiger partial charge is 0.348 e. The second kappa shape index (κ2) is 6.53. The van der Waals surface area contributed by atoms with Crippen molar-refractivity contribution in [2.45, 2.75) is 26.3 Å². The van der Waals surface area contributed by atoms with Crippen LogP contribution in [0.5, 0.6) is 0 Å². The van der Waals surface area contributed by atoms with Gasteiger partial charge >= 0.3 is 0 Å². The molecule has 0 bridgehead atoms. The zero-order chi connectivity index (χ0) is 14.5. The van der Waals surface area contributed by atoms with Gasteiger partial charge in [-0.15, -0.1) is 0 Å². The molecule has 2 aromatic rings. The van der Waals surface area contributed by atoms with Gasteiger partial charge in [-0.05, 0) is 50.1 Å². The van der Waals surface area contributed by atoms with Crippen LogP contribution in [0.25, 0.3) is 0 Å². The lowest BCUT2D eigenvalue weighted by Gasteiger charge is -2.14. The number of halogens is 1. The lowest BCUT2D eigenvalue weighted by Crippen LogP contribution is -2.34. The second-order valence-corrected chi connectivity index (χ2v) is 5.31. The fourth-order valence-electron chi connectivity index (χ4n) is 2.04. The Hall–Kier alpha value is -1.87. The Kier molecular flexibility index (Phi) is 4.74. The molecule has 4 heteroatoms. The SMILES string of the molecule is Cc1cccc(C(=O)N[C@@H](C)Cc2cccc(Cl)c2)n1. The van der Waals surface area contributed by atoms with Gasteiger partial charge in [0.05, 0.1) is 0 Å². The van der Waals surface area contributed by atoms with E-state index in [-0.39, 0.29) is 11.9 Å². The molecule has 0 aliphatic heterocycles. The van der Waals surface area contributed by atoms with E-state index in [1.54, 1.807) is 6.07 Å². The van der Waals surface area contributed by atoms with Crippen LogP contribution >= 0.6 is 11.6 Å². The summed E-state index contributed by atoms with van der Waals surface area (Å²) in [5.41, 5.74) is 2.38. The van der Waals surface area contributed by atoms with Gasteiger partial charge in [-0.3, -0.25) is 4.79 Å². The van der Waals surface area contributed by atoms with Crippen LogP contribution < -0.4 is 5.32 Å². The van der Waals surface area contributed by atoms with Crippen LogP contribution in [-0.2, 0) is 6.42 Å². The molecule has 0 spiro atoms. The summed E-state index contributed by atoms with van der Waals surface area (Å²) in [4.78, 5) is 16.3. The van der Waals surface area contributed by atoms with Crippen LogP contribution in [0.15, 0.2) is 42.5 Å². The van der Waals surface area contributed by atoms with Crippen LogP contribution in [-0.4, -0.2) is 16.9 Å². The summed E-state index contributed by atoms with van der Waals surface area (Å²) in [6.45, 7) is 3.83. The average molecular weight is 289 g/mol. The number of aryl methyl sites for hydroxylation is 1. The van der Waals surface area contributed by atoms with Crippen LogP contribution in [0.1, 0.15) is 28.7 Å². The zero-order valence-corrected chi connectivity index (χ0v) is 12.3. The van der Waals surface area contributed by atoms with E-state index in [4.69, 9.17) is 11.6 Å². The Balaban J connectivity index is 1.97. The monoisotopic (exact) mass is 288 g/mol. The van der Waals surface area contributed by atoms with Gasteiger partial charge in [0.1, 0.15) is 5.69 Å². The minimum Gasteiger partial charge on any atom is -0.348 e. The number of amides is 1. The number of nitrogens with zero attached hydrogens (tertiary/aromatic N) is 1. The maximum absolute atomic E-state index is 12.1. The van der Waals surface area contributed by atoms with E-state index in [2.05, 4.69) is 10.3 Å². The second-order valence-electron chi connectivity index (χ2n) is 4.87. The molecule has 1 N–H and O–H groups in total. The first-order chi connectivity index (χ1) is 9.54. The van der Waals surface area contributed by atoms with Gasteiger partial charge in [0.15, 0.2) is 0 Å². The molecule has 104 valence electrons. The number of rotatable bonds is 4. The van der Waals surface area contributed by atoms with Crippen molar-refractivity contribution < 1.29 is 4.79 Å². The Morgan fingerprint density at radius 2 is 2.05 bits per heavy atom. The summed E-state index contributed by atoms with van der Waals surface area (Å²) in [7, 11) is 0. The van der Waals surface area contributed by atoms with Crippen molar-refractivity contribution in [3.8, 4) is 0 Å². The smallest absolute Gasteiger partial charge is 0.270 e. The van der Waals surface area contributed by atoms with Crippen molar-refractivity contribution in [3.63, 3.8) is 0 Å². The fraction of sp³-hybridized carbons (Fsp3) is 0.250. The van der Waals surface area contributed by atoms with Crippen molar-refractivity contribution in [2.24, 2.45) is 0 Å². The molecule has 0 radical (unpaired) electrons. The molecule has 20 heavy (non-hydrogen) atoms. The van der Waals surface area contributed by atoms with Gasteiger partial charge in [-0.25, -0.2) is 4.98 Å². The van der Waals surface area contributed by atoms with Crippen LogP contribution in [0.2, 0.25) is 5.02 Å². The first-order valence-electron chi connectivity index (χ1n) is 6.53. The number of benzene rings is 1. The molecule has 0 fully saturated rings. The highest BCUT2D eigenvalue weighted by atomic mass is 35.5. The maximum Gasteiger partial charge on any atom is 0.270 e. The van der Waals surface area contributed by atoms with Crippen LogP contribution in [0, 0.1) is 6.92 Å². The molecular formula is C16H17ClN2O. The predicted molar refractivity (Wildman–Crippen MR) is 81.1 cm³/mol. The highest BCUT2D eigenvalue weighted by Gasteiger charge is 2.11. The van der Waals surface area contributed by atoms with E-state index in [9.17, 15) is 4.79 Å². The van der Waals surface area contributed by atoms with E-state index in [1.165, 1.54) is 0 Å². The van der Waals surface area contributed by atoms with Gasteiger partial charge in [-0.2, -0.15) is 0 Å². The Bertz CT molecular complexity index is 613. The van der Waals surface area contributed by atoms with Crippen LogP contribution in [0.3, 0.4) is 0 Å². The number of pyridine rings is 1. The summed E-state index contributed by atoms with van der Waals surface area (Å²) >= 11 is 5.95. The van der Waals surface area contributed by atoms with Gasteiger partial charge in [0.2, 0.25) is 0 Å². The molecule has 1 atom stereocenters. The Labute approximate surface area is 124 Å². The summed E-state index contributed by atoms with van der Waals surface area (Å²) < 4.78 is 0. The van der Waals surface area contributed by atoms with E-state index < -0.39 is 0 Å². The molecular weight excluding hydrogens is 272 g/mol. The van der Waals surface area contributed by atoms with Crippen molar-refractivity contribution in [1.29, 1.82) is 0 Å². The average Bonchev–Trinajstić information content (AvgIpc) is 2.38. The van der Waals surface area contributed by atoms with E-state index in [1.807, 2.05) is 50.2 Å². The van der Waals surface area contributed by atoms with Crippen molar-refractivity contribution in [2.75, 3.05) is 0 Å². The molecule has 1 amide bonds. The highest BCUT2D eigenvalue weighted by Crippen LogP contribution is 2.12. The molecule has 2 rings (SSSR count). The van der Waals surface area contributed by atoms with Gasteiger partial charge < -0.3 is 5.32 Å². The predicted octanol–water partition coefficient (Wildman–Crippen LogP) is 3.40. The normalized spacial score (nSPS) is 11.9. The van der Waals surface area contributed by atoms with E-state index in [0.717, 1.165) is 17.7 Å². The third-order valence-corrected chi connectivity index (χ3v) is 3.16. The summed E-state index contributed by atoms with van der Waals surface area (Å²) in [5, 5.41) is 3.66. The van der Waals surface area contributed by atoms with Crippen molar-refractivity contribution in [3.05, 3.63) is 64.4 Å². The lowest BCUT2D eigenvalue weighted by atomic mass is 10.1. The molecule has 3 nitrogen and oxygen atoms in total. The standard InChI is InChI=1S/C16H17ClN2O/c1-11-5-3-8-15(18-11)16(20)19-12(2)9-13-6-4-7-14(17)10-13/h3-8,10,12H,9H2,1-2H3,(H,19,20)/t12-/m0/s1. The van der Waals surface area contributed by atoms with E-state index in [0.29, 0.717) is 10.7 Å². The molecule has 0 saturated carbocycles. The van der Waals surface area contributed by atoms with Crippen molar-refractivity contribution >= 4 is 17.5 Å². The molecule has 0 unspecified atom stereocenters. The summed E-state index contributed by atoms with van der Waals surface area (Å²) in [6, 6.07) is 13.1. The molecule has 0 aliphatic carbocycles. The number of hydrogen-bond acceptors (Lipinski definition) is 2. The van der Waals surface area contributed by atoms with Gasteiger partial charge in [-0.1, -0.05) is 29.8 Å². The van der Waals surface area contributed by atoms with Crippen LogP contribution in [0.4, 0.5) is 0 Å².